The highest BCUT2D eigenvalue weighted by Crippen LogP contribution is 2.27. The highest BCUT2D eigenvalue weighted by Gasteiger charge is 2.12. The fourth-order valence-corrected chi connectivity index (χ4v) is 4.09. The number of aromatic nitrogens is 4. The zero-order valence-electron chi connectivity index (χ0n) is 18.0. The maximum Gasteiger partial charge on any atom is 0.267 e. The minimum Gasteiger partial charge on any atom is -0.351 e. The number of aromatic amines is 1. The van der Waals surface area contributed by atoms with Gasteiger partial charge in [-0.15, -0.1) is 11.3 Å². The van der Waals surface area contributed by atoms with E-state index in [1.807, 2.05) is 63.2 Å². The standard InChI is InChI=1S/C22H25N7OS/c1-13-20(25-14(2)31-13)18-7-8-24-22(28-18)26-16-5-6-17-15(11-16)12-19(27-17)21(30)23-9-10-29(3)4/h5-8,11-12,27H,9-10H2,1-4H3,(H,23,30)(H,24,26,28). The predicted molar refractivity (Wildman–Crippen MR) is 125 cm³/mol. The maximum atomic E-state index is 12.4. The molecule has 0 aliphatic heterocycles. The van der Waals surface area contributed by atoms with Crippen LogP contribution in [-0.2, 0) is 0 Å². The summed E-state index contributed by atoms with van der Waals surface area (Å²) in [4.78, 5) is 32.2. The first-order chi connectivity index (χ1) is 14.9. The van der Waals surface area contributed by atoms with Crippen molar-refractivity contribution in [3.8, 4) is 11.4 Å². The van der Waals surface area contributed by atoms with Gasteiger partial charge in [-0.25, -0.2) is 15.0 Å². The Morgan fingerprint density at radius 1 is 1.16 bits per heavy atom. The number of rotatable bonds is 7. The summed E-state index contributed by atoms with van der Waals surface area (Å²) in [6.45, 7) is 5.42. The number of benzene rings is 1. The molecule has 4 rings (SSSR count). The monoisotopic (exact) mass is 435 g/mol. The maximum absolute atomic E-state index is 12.4. The van der Waals surface area contributed by atoms with Crippen LogP contribution in [0.5, 0.6) is 0 Å². The molecule has 0 atom stereocenters. The Morgan fingerprint density at radius 2 is 2.00 bits per heavy atom. The predicted octanol–water partition coefficient (Wildman–Crippen LogP) is 3.73. The second kappa shape index (κ2) is 8.83. The van der Waals surface area contributed by atoms with Crippen molar-refractivity contribution in [1.82, 2.24) is 30.2 Å². The summed E-state index contributed by atoms with van der Waals surface area (Å²) in [6, 6.07) is 9.55. The quantitative estimate of drug-likeness (QED) is 0.409. The molecule has 3 aromatic heterocycles. The molecule has 1 aromatic carbocycles. The van der Waals surface area contributed by atoms with Crippen molar-refractivity contribution in [3.63, 3.8) is 0 Å². The summed E-state index contributed by atoms with van der Waals surface area (Å²) < 4.78 is 0. The zero-order valence-corrected chi connectivity index (χ0v) is 18.8. The fourth-order valence-electron chi connectivity index (χ4n) is 3.27. The summed E-state index contributed by atoms with van der Waals surface area (Å²) >= 11 is 1.66. The first kappa shape index (κ1) is 21.0. The number of aryl methyl sites for hydroxylation is 2. The number of thiazole rings is 1. The van der Waals surface area contributed by atoms with Gasteiger partial charge in [-0.3, -0.25) is 4.79 Å². The summed E-state index contributed by atoms with van der Waals surface area (Å²) in [5.41, 5.74) is 3.96. The average molecular weight is 436 g/mol. The third kappa shape index (κ3) is 4.89. The van der Waals surface area contributed by atoms with Crippen molar-refractivity contribution in [1.29, 1.82) is 0 Å². The van der Waals surface area contributed by atoms with Crippen LogP contribution in [0, 0.1) is 13.8 Å². The van der Waals surface area contributed by atoms with Gasteiger partial charge < -0.3 is 20.5 Å². The molecule has 9 heteroatoms. The molecule has 160 valence electrons. The van der Waals surface area contributed by atoms with Gasteiger partial charge in [0.1, 0.15) is 11.4 Å². The second-order valence-electron chi connectivity index (χ2n) is 7.57. The Kier molecular flexibility index (Phi) is 5.97. The number of carbonyl (C=O) groups excluding carboxylic acids is 1. The zero-order chi connectivity index (χ0) is 22.0. The number of likely N-dealkylation sites (N-methyl/N-ethyl adjacent to an activating group) is 1. The Morgan fingerprint density at radius 3 is 2.74 bits per heavy atom. The molecule has 0 spiro atoms. The molecule has 1 amide bonds. The molecule has 8 nitrogen and oxygen atoms in total. The van der Waals surface area contributed by atoms with Crippen LogP contribution in [0.3, 0.4) is 0 Å². The topological polar surface area (TPSA) is 98.8 Å². The van der Waals surface area contributed by atoms with Gasteiger partial charge in [0.25, 0.3) is 5.91 Å². The number of nitrogens with zero attached hydrogens (tertiary/aromatic N) is 4. The summed E-state index contributed by atoms with van der Waals surface area (Å²) in [6.07, 6.45) is 1.73. The van der Waals surface area contributed by atoms with Crippen molar-refractivity contribution in [2.24, 2.45) is 0 Å². The summed E-state index contributed by atoms with van der Waals surface area (Å²) in [7, 11) is 3.95. The van der Waals surface area contributed by atoms with E-state index in [-0.39, 0.29) is 5.91 Å². The van der Waals surface area contributed by atoms with E-state index < -0.39 is 0 Å². The van der Waals surface area contributed by atoms with Gasteiger partial charge in [-0.2, -0.15) is 0 Å². The lowest BCUT2D eigenvalue weighted by Crippen LogP contribution is -2.31. The Hall–Kier alpha value is -3.30. The lowest BCUT2D eigenvalue weighted by molar-refractivity contribution is 0.0947. The van der Waals surface area contributed by atoms with Crippen molar-refractivity contribution in [2.45, 2.75) is 13.8 Å². The van der Waals surface area contributed by atoms with Gasteiger partial charge >= 0.3 is 0 Å². The van der Waals surface area contributed by atoms with Crippen molar-refractivity contribution in [3.05, 3.63) is 52.1 Å². The van der Waals surface area contributed by atoms with E-state index in [4.69, 9.17) is 0 Å². The molecule has 0 bridgehead atoms. The van der Waals surface area contributed by atoms with E-state index >= 15 is 0 Å². The van der Waals surface area contributed by atoms with Crippen LogP contribution in [0.1, 0.15) is 20.4 Å². The van der Waals surface area contributed by atoms with Crippen LogP contribution in [0.15, 0.2) is 36.5 Å². The number of hydrogen-bond acceptors (Lipinski definition) is 7. The van der Waals surface area contributed by atoms with Gasteiger partial charge in [-0.05, 0) is 58.3 Å². The molecule has 0 unspecified atom stereocenters. The van der Waals surface area contributed by atoms with E-state index in [2.05, 4.69) is 30.6 Å². The Labute approximate surface area is 184 Å². The lowest BCUT2D eigenvalue weighted by Gasteiger charge is -2.09. The van der Waals surface area contributed by atoms with Crippen LogP contribution in [0.4, 0.5) is 11.6 Å². The van der Waals surface area contributed by atoms with Crippen molar-refractivity contribution >= 4 is 39.8 Å². The lowest BCUT2D eigenvalue weighted by atomic mass is 10.2. The van der Waals surface area contributed by atoms with Gasteiger partial charge in [0.2, 0.25) is 5.95 Å². The molecule has 0 aliphatic rings. The summed E-state index contributed by atoms with van der Waals surface area (Å²) in [5.74, 6) is 0.386. The van der Waals surface area contributed by atoms with E-state index in [1.54, 1.807) is 17.5 Å². The van der Waals surface area contributed by atoms with E-state index in [9.17, 15) is 4.79 Å². The molecule has 0 fully saturated rings. The summed E-state index contributed by atoms with van der Waals surface area (Å²) in [5, 5.41) is 8.12. The molecule has 0 radical (unpaired) electrons. The van der Waals surface area contributed by atoms with Crippen molar-refractivity contribution < 1.29 is 4.79 Å². The highest BCUT2D eigenvalue weighted by molar-refractivity contribution is 7.11. The van der Waals surface area contributed by atoms with Gasteiger partial charge in [-0.1, -0.05) is 0 Å². The number of hydrogen-bond donors (Lipinski definition) is 3. The smallest absolute Gasteiger partial charge is 0.267 e. The third-order valence-corrected chi connectivity index (χ3v) is 5.65. The normalized spacial score (nSPS) is 11.3. The van der Waals surface area contributed by atoms with Crippen LogP contribution >= 0.6 is 11.3 Å². The molecule has 3 heterocycles. The fraction of sp³-hybridized carbons (Fsp3) is 0.273. The second-order valence-corrected chi connectivity index (χ2v) is 8.98. The molecule has 4 aromatic rings. The van der Waals surface area contributed by atoms with E-state index in [0.29, 0.717) is 18.2 Å². The van der Waals surface area contributed by atoms with Crippen LogP contribution in [-0.4, -0.2) is 57.9 Å². The molecular weight excluding hydrogens is 410 g/mol. The van der Waals surface area contributed by atoms with E-state index in [1.165, 1.54) is 0 Å². The number of H-pyrrole nitrogens is 1. The first-order valence-electron chi connectivity index (χ1n) is 9.99. The first-order valence-corrected chi connectivity index (χ1v) is 10.8. The number of nitrogens with one attached hydrogen (secondary N) is 3. The number of amides is 1. The van der Waals surface area contributed by atoms with Crippen LogP contribution in [0.2, 0.25) is 0 Å². The van der Waals surface area contributed by atoms with E-state index in [0.717, 1.165) is 44.4 Å². The third-order valence-electron chi connectivity index (χ3n) is 4.77. The molecule has 31 heavy (non-hydrogen) atoms. The molecule has 0 saturated carbocycles. The minimum atomic E-state index is -0.113. The minimum absolute atomic E-state index is 0.113. The number of anilines is 2. The molecule has 3 N–H and O–H groups in total. The average Bonchev–Trinajstić information content (AvgIpc) is 3.30. The van der Waals surface area contributed by atoms with Gasteiger partial charge in [0.15, 0.2) is 0 Å². The molecule has 0 saturated heterocycles. The largest absolute Gasteiger partial charge is 0.351 e. The molecule has 0 aliphatic carbocycles. The highest BCUT2D eigenvalue weighted by atomic mass is 32.1. The Bertz CT molecular complexity index is 1230. The Balaban J connectivity index is 1.51. The van der Waals surface area contributed by atoms with Crippen LogP contribution < -0.4 is 10.6 Å². The number of fused-ring (bicyclic) bond motifs is 1. The van der Waals surface area contributed by atoms with Gasteiger partial charge in [0.05, 0.1) is 10.7 Å². The number of carbonyl (C=O) groups is 1. The van der Waals surface area contributed by atoms with Crippen molar-refractivity contribution in [2.75, 3.05) is 32.5 Å². The SMILES string of the molecule is Cc1nc(-c2ccnc(Nc3ccc4[nH]c(C(=O)NCCN(C)C)cc4c3)n2)c(C)s1. The van der Waals surface area contributed by atoms with Crippen LogP contribution in [0.25, 0.3) is 22.3 Å². The van der Waals surface area contributed by atoms with Gasteiger partial charge in [0, 0.05) is 40.8 Å². The molecular formula is C22H25N7OS.